The van der Waals surface area contributed by atoms with Crippen LogP contribution in [0.1, 0.15) is 70.4 Å². The number of piperidine rings is 3. The number of carbonyl (C=O) groups excluding carboxylic acids is 2. The van der Waals surface area contributed by atoms with E-state index in [1.165, 1.54) is 30.3 Å². The Morgan fingerprint density at radius 2 is 1.66 bits per heavy atom. The van der Waals surface area contributed by atoms with E-state index in [0.717, 1.165) is 38.8 Å². The van der Waals surface area contributed by atoms with Crippen molar-refractivity contribution in [2.75, 3.05) is 26.2 Å². The highest BCUT2D eigenvalue weighted by Gasteiger charge is 2.38. The van der Waals surface area contributed by atoms with E-state index in [-0.39, 0.29) is 41.6 Å². The summed E-state index contributed by atoms with van der Waals surface area (Å²) in [5.41, 5.74) is 2.23. The number of nitrogens with one attached hydrogen (secondary N) is 2. The summed E-state index contributed by atoms with van der Waals surface area (Å²) >= 11 is 13.0. The second-order valence-corrected chi connectivity index (χ2v) is 15.1. The van der Waals surface area contributed by atoms with Crippen molar-refractivity contribution >= 4 is 35.1 Å². The van der Waals surface area contributed by atoms with Gasteiger partial charge in [0.1, 0.15) is 34.1 Å². The maximum atomic E-state index is 14.4. The number of halogens is 5. The van der Waals surface area contributed by atoms with Gasteiger partial charge in [-0.25, -0.2) is 19.0 Å². The summed E-state index contributed by atoms with van der Waals surface area (Å²) in [4.78, 5) is 32.7. The Hall–Kier alpha value is -4.40. The van der Waals surface area contributed by atoms with Gasteiger partial charge in [0.15, 0.2) is 23.9 Å². The van der Waals surface area contributed by atoms with Gasteiger partial charge < -0.3 is 24.4 Å². The molecule has 10 nitrogen and oxygen atoms in total. The molecule has 4 heterocycles. The molecule has 0 radical (unpaired) electrons. The van der Waals surface area contributed by atoms with Gasteiger partial charge in [-0.1, -0.05) is 53.5 Å². The monoisotopic (exact) mass is 815 g/mol. The Morgan fingerprint density at radius 3 is 2.34 bits per heavy atom. The highest BCUT2D eigenvalue weighted by Crippen LogP contribution is 2.38. The molecule has 3 atom stereocenters. The fourth-order valence-electron chi connectivity index (χ4n) is 7.12. The number of hydrogen-bond acceptors (Lipinski definition) is 9. The molecule has 1 saturated carbocycles. The molecule has 2 bridgehead atoms. The van der Waals surface area contributed by atoms with Crippen LogP contribution in [0, 0.1) is 17.7 Å². The first kappa shape index (κ1) is 41.2. The molecule has 1 aromatic heterocycles. The van der Waals surface area contributed by atoms with Gasteiger partial charge in [-0.2, -0.15) is 8.78 Å². The largest absolute Gasteiger partial charge is 0.870 e. The number of ether oxygens (including phenoxy) is 4. The number of aromatic nitrogens is 1. The van der Waals surface area contributed by atoms with Crippen LogP contribution < -0.4 is 19.8 Å². The summed E-state index contributed by atoms with van der Waals surface area (Å²) in [6.07, 6.45) is 5.84. The van der Waals surface area contributed by atoms with Crippen LogP contribution in [0.3, 0.4) is 0 Å². The highest BCUT2D eigenvalue weighted by atomic mass is 35.5. The van der Waals surface area contributed by atoms with E-state index in [9.17, 15) is 22.8 Å². The van der Waals surface area contributed by atoms with Gasteiger partial charge in [-0.3, -0.25) is 10.2 Å². The van der Waals surface area contributed by atoms with Gasteiger partial charge in [-0.15, -0.1) is 0 Å². The van der Waals surface area contributed by atoms with Crippen LogP contribution in [0.5, 0.6) is 11.5 Å². The van der Waals surface area contributed by atoms with E-state index in [4.69, 9.17) is 42.1 Å². The summed E-state index contributed by atoms with van der Waals surface area (Å²) < 4.78 is 63.7. The first-order valence-electron chi connectivity index (χ1n) is 18.4. The van der Waals surface area contributed by atoms with Gasteiger partial charge in [0.05, 0.1) is 12.2 Å². The molecule has 0 spiro atoms. The SMILES string of the molecule is O=C(O[C@@H](Cc1c(Cl)c[nH+]cc1Cl)c1ccc(OC(F)F)c(OCC2CC2)c1)c1cccc(CNC(C(=O)O[C@H]2CN3CCC2CC3)c2cccc(F)c2)c1.[OH-]. The number of nitrogens with zero attached hydrogens (tertiary/aromatic N) is 1. The normalized spacial score (nSPS) is 19.8. The van der Waals surface area contributed by atoms with E-state index >= 15 is 0 Å². The molecule has 0 amide bonds. The summed E-state index contributed by atoms with van der Waals surface area (Å²) in [5.74, 6) is -1.07. The summed E-state index contributed by atoms with van der Waals surface area (Å²) in [7, 11) is 0. The Bertz CT molecular complexity index is 1980. The molecule has 3 N–H and O–H groups in total. The zero-order chi connectivity index (χ0) is 38.5. The average Bonchev–Trinajstić information content (AvgIpc) is 4.01. The highest BCUT2D eigenvalue weighted by molar-refractivity contribution is 6.35. The van der Waals surface area contributed by atoms with Crippen LogP contribution in [-0.4, -0.2) is 61.3 Å². The lowest BCUT2D eigenvalue weighted by Crippen LogP contribution is -2.52. The van der Waals surface area contributed by atoms with Crippen molar-refractivity contribution in [3.63, 3.8) is 0 Å². The number of benzene rings is 3. The minimum Gasteiger partial charge on any atom is -0.870 e. The molecule has 1 unspecified atom stereocenters. The molecule has 4 fully saturated rings. The quantitative estimate of drug-likeness (QED) is 0.113. The third-order valence-electron chi connectivity index (χ3n) is 10.3. The zero-order valence-electron chi connectivity index (χ0n) is 30.3. The van der Waals surface area contributed by atoms with Gasteiger partial charge >= 0.3 is 18.6 Å². The average molecular weight is 817 g/mol. The molecule has 56 heavy (non-hydrogen) atoms. The van der Waals surface area contributed by atoms with Crippen molar-refractivity contribution in [2.45, 2.75) is 63.5 Å². The van der Waals surface area contributed by atoms with Crippen molar-refractivity contribution in [1.29, 1.82) is 0 Å². The topological polar surface area (TPSA) is 130 Å². The number of H-pyrrole nitrogens is 1. The van der Waals surface area contributed by atoms with Crippen LogP contribution >= 0.6 is 23.2 Å². The van der Waals surface area contributed by atoms with E-state index in [2.05, 4.69) is 15.2 Å². The second-order valence-electron chi connectivity index (χ2n) is 14.2. The predicted molar refractivity (Wildman–Crippen MR) is 200 cm³/mol. The molecule has 15 heteroatoms. The number of hydrogen-bond donors (Lipinski definition) is 1. The molecule has 1 aliphatic carbocycles. The number of aromatic amines is 1. The molecule has 3 aliphatic heterocycles. The smallest absolute Gasteiger partial charge is 0.387 e. The van der Waals surface area contributed by atoms with Gasteiger partial charge in [0.2, 0.25) is 0 Å². The molecular formula is C41H42Cl2F3N3O7. The van der Waals surface area contributed by atoms with Crippen molar-refractivity contribution in [3.05, 3.63) is 123 Å². The molecule has 8 rings (SSSR count). The van der Waals surface area contributed by atoms with Gasteiger partial charge in [-0.05, 0) is 104 Å². The molecule has 3 aromatic carbocycles. The number of fused-ring (bicyclic) bond motifs is 3. The van der Waals surface area contributed by atoms with E-state index in [1.807, 2.05) is 0 Å². The minimum absolute atomic E-state index is 0. The lowest BCUT2D eigenvalue weighted by atomic mass is 9.86. The van der Waals surface area contributed by atoms with Crippen molar-refractivity contribution in [1.82, 2.24) is 10.2 Å². The lowest BCUT2D eigenvalue weighted by molar-refractivity contribution is -0.377. The van der Waals surface area contributed by atoms with Crippen LogP contribution in [-0.2, 0) is 27.2 Å². The Balaban J connectivity index is 0.00000532. The number of rotatable bonds is 16. The molecular weight excluding hydrogens is 774 g/mol. The summed E-state index contributed by atoms with van der Waals surface area (Å²) in [6.45, 7) is 0.0743. The van der Waals surface area contributed by atoms with Crippen LogP contribution in [0.4, 0.5) is 13.2 Å². The Labute approximate surface area is 332 Å². The molecule has 298 valence electrons. The second kappa shape index (κ2) is 18.7. The maximum absolute atomic E-state index is 14.4. The third-order valence-corrected chi connectivity index (χ3v) is 11.0. The standard InChI is InChI=1S/C41H40Cl2F3N3O6.H2O/c42-32-20-47-21-33(43)31(32)18-35(27-9-10-34(55-41(45)46)36(17-27)52-23-24-7-8-24)53-39(50)29-5-1-3-25(15-29)19-48-38(28-4-2-6-30(44)16-28)40(51)54-37-22-49-13-11-26(37)12-14-49;/h1-6,9-10,15-17,20-21,24,26,35,37-38,41,48H,7-8,11-14,18-19,22-23H2;1H2/t35-,37-,38?;/m0./s1. The first-order chi connectivity index (χ1) is 26.6. The third kappa shape index (κ3) is 10.5. The minimum atomic E-state index is -3.07. The van der Waals surface area contributed by atoms with E-state index in [1.54, 1.807) is 48.8 Å². The first-order valence-corrected chi connectivity index (χ1v) is 19.1. The van der Waals surface area contributed by atoms with Crippen molar-refractivity contribution in [2.24, 2.45) is 11.8 Å². The number of carbonyl (C=O) groups is 2. The van der Waals surface area contributed by atoms with Gasteiger partial charge in [0, 0.05) is 25.1 Å². The summed E-state index contributed by atoms with van der Waals surface area (Å²) in [5, 5.41) is 3.84. The molecule has 4 aliphatic rings. The summed E-state index contributed by atoms with van der Waals surface area (Å²) in [6, 6.07) is 16.0. The Kier molecular flexibility index (Phi) is 13.8. The zero-order valence-corrected chi connectivity index (χ0v) is 31.8. The number of pyridine rings is 1. The molecule has 3 saturated heterocycles. The van der Waals surface area contributed by atoms with E-state index < -0.39 is 36.5 Å². The predicted octanol–water partition coefficient (Wildman–Crippen LogP) is 7.77. The van der Waals surface area contributed by atoms with E-state index in [0.29, 0.717) is 57.3 Å². The Morgan fingerprint density at radius 1 is 0.911 bits per heavy atom. The van der Waals surface area contributed by atoms with Crippen LogP contribution in [0.15, 0.2) is 79.1 Å². The molecule has 4 aromatic rings. The van der Waals surface area contributed by atoms with Gasteiger partial charge in [0.25, 0.3) is 0 Å². The number of alkyl halides is 2. The van der Waals surface area contributed by atoms with Crippen LogP contribution in [0.25, 0.3) is 0 Å². The van der Waals surface area contributed by atoms with Crippen molar-refractivity contribution in [3.8, 4) is 11.5 Å². The fraction of sp³-hybridized carbons (Fsp3) is 0.390. The lowest BCUT2D eigenvalue weighted by Gasteiger charge is -2.44. The fourth-order valence-corrected chi connectivity index (χ4v) is 7.65. The van der Waals surface area contributed by atoms with Crippen LogP contribution in [0.2, 0.25) is 10.0 Å². The number of esters is 2. The van der Waals surface area contributed by atoms with Crippen molar-refractivity contribution < 1.29 is 52.2 Å². The maximum Gasteiger partial charge on any atom is 0.387 e.